The molecule has 1 saturated heterocycles. The summed E-state index contributed by atoms with van der Waals surface area (Å²) in [6.07, 6.45) is 4.43. The van der Waals surface area contributed by atoms with Gasteiger partial charge in [0.25, 0.3) is 0 Å². The Morgan fingerprint density at radius 1 is 1.25 bits per heavy atom. The second-order valence-corrected chi connectivity index (χ2v) is 5.47. The Bertz CT molecular complexity index is 618. The van der Waals surface area contributed by atoms with Crippen LogP contribution in [0, 0.1) is 6.92 Å². The van der Waals surface area contributed by atoms with E-state index in [9.17, 15) is 0 Å². The summed E-state index contributed by atoms with van der Waals surface area (Å²) in [5, 5.41) is 2.25. The number of piperidine rings is 1. The predicted molar refractivity (Wildman–Crippen MR) is 83.1 cm³/mol. The molecule has 2 N–H and O–H groups in total. The Kier molecular flexibility index (Phi) is 3.49. The van der Waals surface area contributed by atoms with E-state index in [-0.39, 0.29) is 0 Å². The first-order valence-electron chi connectivity index (χ1n) is 7.11. The van der Waals surface area contributed by atoms with E-state index < -0.39 is 0 Å². The van der Waals surface area contributed by atoms with Crippen LogP contribution < -0.4 is 10.6 Å². The third-order valence-electron chi connectivity index (χ3n) is 4.16. The van der Waals surface area contributed by atoms with E-state index in [1.54, 1.807) is 7.11 Å². The minimum atomic E-state index is 0.398. The van der Waals surface area contributed by atoms with Crippen molar-refractivity contribution in [3.63, 3.8) is 0 Å². The lowest BCUT2D eigenvalue weighted by molar-refractivity contribution is 0.0819. The van der Waals surface area contributed by atoms with Gasteiger partial charge in [0.2, 0.25) is 0 Å². The lowest BCUT2D eigenvalue weighted by Crippen LogP contribution is -2.36. The van der Waals surface area contributed by atoms with Crippen LogP contribution in [0.25, 0.3) is 10.8 Å². The van der Waals surface area contributed by atoms with E-state index in [1.165, 1.54) is 11.1 Å². The summed E-state index contributed by atoms with van der Waals surface area (Å²) in [5.41, 5.74) is 9.15. The minimum Gasteiger partial charge on any atom is -0.398 e. The van der Waals surface area contributed by atoms with E-state index >= 15 is 0 Å². The van der Waals surface area contributed by atoms with Crippen molar-refractivity contribution < 1.29 is 4.74 Å². The van der Waals surface area contributed by atoms with E-state index in [1.807, 2.05) is 19.2 Å². The fourth-order valence-corrected chi connectivity index (χ4v) is 2.96. The van der Waals surface area contributed by atoms with E-state index in [0.717, 1.165) is 42.7 Å². The quantitative estimate of drug-likeness (QED) is 0.853. The first kappa shape index (κ1) is 13.2. The summed E-state index contributed by atoms with van der Waals surface area (Å²) in [6, 6.07) is 6.24. The number of hydrogen-bond donors (Lipinski definition) is 1. The maximum absolute atomic E-state index is 6.07. The topological polar surface area (TPSA) is 51.4 Å². The molecule has 4 heteroatoms. The van der Waals surface area contributed by atoms with Gasteiger partial charge in [0.1, 0.15) is 0 Å². The van der Waals surface area contributed by atoms with Crippen molar-refractivity contribution in [2.45, 2.75) is 25.9 Å². The molecular formula is C16H21N3O. The lowest BCUT2D eigenvalue weighted by Gasteiger charge is -2.33. The van der Waals surface area contributed by atoms with Crippen LogP contribution in [0.2, 0.25) is 0 Å². The largest absolute Gasteiger partial charge is 0.398 e. The normalized spacial score (nSPS) is 16.8. The second-order valence-electron chi connectivity index (χ2n) is 5.47. The number of nitrogens with two attached hydrogens (primary N) is 1. The molecule has 3 rings (SSSR count). The molecule has 4 nitrogen and oxygen atoms in total. The van der Waals surface area contributed by atoms with Crippen LogP contribution in [0.5, 0.6) is 0 Å². The van der Waals surface area contributed by atoms with Crippen molar-refractivity contribution in [1.29, 1.82) is 0 Å². The summed E-state index contributed by atoms with van der Waals surface area (Å²) in [5.74, 6) is 0. The number of pyridine rings is 1. The van der Waals surface area contributed by atoms with Crippen LogP contribution in [0.1, 0.15) is 18.5 Å². The highest BCUT2D eigenvalue weighted by atomic mass is 16.5. The molecule has 106 valence electrons. The number of ether oxygens (including phenoxy) is 1. The van der Waals surface area contributed by atoms with Gasteiger partial charge < -0.3 is 15.4 Å². The molecule has 0 amide bonds. The van der Waals surface area contributed by atoms with Crippen LogP contribution in [0.15, 0.2) is 24.4 Å². The van der Waals surface area contributed by atoms with Gasteiger partial charge in [-0.1, -0.05) is 0 Å². The molecule has 1 aliphatic rings. The Labute approximate surface area is 119 Å². The lowest BCUT2D eigenvalue weighted by atomic mass is 10.0. The Morgan fingerprint density at radius 2 is 2.00 bits per heavy atom. The molecule has 1 aromatic carbocycles. The summed E-state index contributed by atoms with van der Waals surface area (Å²) in [4.78, 5) is 6.79. The third-order valence-corrected chi connectivity index (χ3v) is 4.16. The van der Waals surface area contributed by atoms with Gasteiger partial charge in [-0.3, -0.25) is 4.98 Å². The third kappa shape index (κ3) is 2.31. The molecule has 1 aliphatic heterocycles. The number of hydrogen-bond acceptors (Lipinski definition) is 4. The molecule has 2 heterocycles. The molecule has 1 fully saturated rings. The monoisotopic (exact) mass is 271 g/mol. The average Bonchev–Trinajstić information content (AvgIpc) is 2.48. The fourth-order valence-electron chi connectivity index (χ4n) is 2.96. The molecule has 0 atom stereocenters. The maximum atomic E-state index is 6.07. The Balaban J connectivity index is 1.99. The number of fused-ring (bicyclic) bond motifs is 1. The van der Waals surface area contributed by atoms with Gasteiger partial charge in [0.15, 0.2) is 0 Å². The molecule has 1 aromatic heterocycles. The highest BCUT2D eigenvalue weighted by Crippen LogP contribution is 2.32. The molecule has 20 heavy (non-hydrogen) atoms. The van der Waals surface area contributed by atoms with Gasteiger partial charge in [-0.25, -0.2) is 0 Å². The Hall–Kier alpha value is -1.81. The standard InChI is InChI=1S/C16H21N3O/c1-11-9-13-14(10-18-11)15(17)3-4-16(13)19-7-5-12(20-2)6-8-19/h3-4,9-10,12H,5-8,17H2,1-2H3. The predicted octanol–water partition coefficient (Wildman–Crippen LogP) is 2.74. The number of nitrogen functional groups attached to an aromatic ring is 1. The van der Waals surface area contributed by atoms with Gasteiger partial charge in [0, 0.05) is 54.2 Å². The van der Waals surface area contributed by atoms with Gasteiger partial charge in [-0.05, 0) is 38.0 Å². The van der Waals surface area contributed by atoms with Crippen molar-refractivity contribution >= 4 is 22.1 Å². The summed E-state index contributed by atoms with van der Waals surface area (Å²) in [7, 11) is 1.80. The van der Waals surface area contributed by atoms with Crippen LogP contribution >= 0.6 is 0 Å². The molecule has 2 aromatic rings. The number of nitrogens with zero attached hydrogens (tertiary/aromatic N) is 2. The highest BCUT2D eigenvalue weighted by molar-refractivity contribution is 6.01. The highest BCUT2D eigenvalue weighted by Gasteiger charge is 2.20. The number of aromatic nitrogens is 1. The maximum Gasteiger partial charge on any atom is 0.0605 e. The average molecular weight is 271 g/mol. The molecule has 0 spiro atoms. The zero-order chi connectivity index (χ0) is 14.1. The summed E-state index contributed by atoms with van der Waals surface area (Å²) >= 11 is 0. The molecule has 0 aliphatic carbocycles. The van der Waals surface area contributed by atoms with Crippen LogP contribution in [-0.2, 0) is 4.74 Å². The van der Waals surface area contributed by atoms with E-state index in [0.29, 0.717) is 6.10 Å². The second kappa shape index (κ2) is 5.29. The first-order chi connectivity index (χ1) is 9.69. The zero-order valence-corrected chi connectivity index (χ0v) is 12.1. The number of aryl methyl sites for hydroxylation is 1. The fraction of sp³-hybridized carbons (Fsp3) is 0.438. The van der Waals surface area contributed by atoms with Crippen LogP contribution in [0.4, 0.5) is 11.4 Å². The molecule has 0 radical (unpaired) electrons. The smallest absolute Gasteiger partial charge is 0.0605 e. The first-order valence-corrected chi connectivity index (χ1v) is 7.11. The number of methoxy groups -OCH3 is 1. The van der Waals surface area contributed by atoms with Crippen LogP contribution in [0.3, 0.4) is 0 Å². The van der Waals surface area contributed by atoms with Crippen molar-refractivity contribution in [2.75, 3.05) is 30.8 Å². The zero-order valence-electron chi connectivity index (χ0n) is 12.1. The molecule has 0 bridgehead atoms. The SMILES string of the molecule is COC1CCN(c2ccc(N)c3cnc(C)cc23)CC1. The van der Waals surface area contributed by atoms with Gasteiger partial charge in [-0.15, -0.1) is 0 Å². The molecule has 0 unspecified atom stereocenters. The van der Waals surface area contributed by atoms with Gasteiger partial charge in [-0.2, -0.15) is 0 Å². The number of rotatable bonds is 2. The van der Waals surface area contributed by atoms with Crippen molar-refractivity contribution in [1.82, 2.24) is 4.98 Å². The van der Waals surface area contributed by atoms with Crippen molar-refractivity contribution in [3.05, 3.63) is 30.1 Å². The van der Waals surface area contributed by atoms with E-state index in [2.05, 4.69) is 22.0 Å². The molecular weight excluding hydrogens is 250 g/mol. The minimum absolute atomic E-state index is 0.398. The summed E-state index contributed by atoms with van der Waals surface area (Å²) < 4.78 is 5.44. The number of anilines is 2. The van der Waals surface area contributed by atoms with Gasteiger partial charge in [0.05, 0.1) is 6.10 Å². The van der Waals surface area contributed by atoms with Crippen molar-refractivity contribution in [2.24, 2.45) is 0 Å². The molecule has 0 saturated carbocycles. The Morgan fingerprint density at radius 3 is 2.70 bits per heavy atom. The van der Waals surface area contributed by atoms with Crippen molar-refractivity contribution in [3.8, 4) is 0 Å². The van der Waals surface area contributed by atoms with E-state index in [4.69, 9.17) is 10.5 Å². The van der Waals surface area contributed by atoms with Crippen LogP contribution in [-0.4, -0.2) is 31.3 Å². The van der Waals surface area contributed by atoms with Gasteiger partial charge >= 0.3 is 0 Å². The number of benzene rings is 1. The summed E-state index contributed by atoms with van der Waals surface area (Å²) in [6.45, 7) is 4.07.